The largest absolute Gasteiger partial charge is 0.368 e. The van der Waals surface area contributed by atoms with E-state index in [1.54, 1.807) is 0 Å². The average molecular weight is 298 g/mol. The van der Waals surface area contributed by atoms with E-state index in [1.165, 1.54) is 25.2 Å². The molecule has 1 heterocycles. The fourth-order valence-corrected chi connectivity index (χ4v) is 3.92. The Morgan fingerprint density at radius 1 is 1.25 bits per heavy atom. The number of nitrogens with zero attached hydrogens (tertiary/aromatic N) is 2. The van der Waals surface area contributed by atoms with Crippen LogP contribution in [0.5, 0.6) is 0 Å². The predicted octanol–water partition coefficient (Wildman–Crippen LogP) is 1.70. The van der Waals surface area contributed by atoms with E-state index in [0.29, 0.717) is 0 Å². The Balaban J connectivity index is 1.94. The van der Waals surface area contributed by atoms with E-state index in [4.69, 9.17) is 5.73 Å². The molecule has 1 aromatic heterocycles. The van der Waals surface area contributed by atoms with Crippen LogP contribution < -0.4 is 10.5 Å². The lowest BCUT2D eigenvalue weighted by atomic mass is 9.84. The highest BCUT2D eigenvalue weighted by molar-refractivity contribution is 7.89. The Hall–Kier alpha value is -1.21. The van der Waals surface area contributed by atoms with E-state index in [-0.39, 0.29) is 16.9 Å². The van der Waals surface area contributed by atoms with Crippen LogP contribution in [-0.2, 0) is 10.0 Å². The summed E-state index contributed by atoms with van der Waals surface area (Å²) >= 11 is 0. The lowest BCUT2D eigenvalue weighted by Crippen LogP contribution is -2.37. The molecule has 1 aliphatic rings. The number of anilines is 1. The minimum Gasteiger partial charge on any atom is -0.368 e. The highest BCUT2D eigenvalue weighted by Crippen LogP contribution is 2.28. The molecule has 20 heavy (non-hydrogen) atoms. The Morgan fingerprint density at radius 2 is 1.85 bits per heavy atom. The Kier molecular flexibility index (Phi) is 4.93. The molecule has 1 aromatic rings. The molecule has 0 radical (unpaired) electrons. The van der Waals surface area contributed by atoms with Crippen LogP contribution in [0.4, 0.5) is 5.95 Å². The van der Waals surface area contributed by atoms with Gasteiger partial charge in [0.05, 0.1) is 12.4 Å². The molecule has 7 heteroatoms. The molecule has 3 N–H and O–H groups in total. The van der Waals surface area contributed by atoms with Gasteiger partial charge < -0.3 is 5.73 Å². The van der Waals surface area contributed by atoms with Crippen LogP contribution in [0.15, 0.2) is 17.3 Å². The van der Waals surface area contributed by atoms with Crippen LogP contribution >= 0.6 is 0 Å². The molecular weight excluding hydrogens is 276 g/mol. The van der Waals surface area contributed by atoms with Crippen molar-refractivity contribution in [1.29, 1.82) is 0 Å². The van der Waals surface area contributed by atoms with Crippen molar-refractivity contribution in [1.82, 2.24) is 14.7 Å². The van der Waals surface area contributed by atoms with Crippen LogP contribution in [0.3, 0.4) is 0 Å². The van der Waals surface area contributed by atoms with E-state index in [2.05, 4.69) is 21.6 Å². The molecule has 0 aromatic carbocycles. The fourth-order valence-electron chi connectivity index (χ4n) is 2.73. The number of hydrogen-bond donors (Lipinski definition) is 2. The van der Waals surface area contributed by atoms with Crippen LogP contribution in [0, 0.1) is 5.92 Å². The molecule has 0 atom stereocenters. The quantitative estimate of drug-likeness (QED) is 0.862. The first-order valence-electron chi connectivity index (χ1n) is 7.11. The smallest absolute Gasteiger partial charge is 0.243 e. The summed E-state index contributed by atoms with van der Waals surface area (Å²) in [6.45, 7) is 2.19. The SMILES string of the molecule is CCCC1CCC(NS(=O)(=O)c2cnc(N)nc2)CC1. The van der Waals surface area contributed by atoms with Crippen molar-refractivity contribution in [2.75, 3.05) is 5.73 Å². The number of hydrogen-bond acceptors (Lipinski definition) is 5. The number of nitrogen functional groups attached to an aromatic ring is 1. The first kappa shape index (κ1) is 15.2. The van der Waals surface area contributed by atoms with Gasteiger partial charge in [-0.2, -0.15) is 0 Å². The maximum absolute atomic E-state index is 12.2. The molecular formula is C13H22N4O2S. The summed E-state index contributed by atoms with van der Waals surface area (Å²) in [5, 5.41) is 0. The van der Waals surface area contributed by atoms with Gasteiger partial charge in [0.1, 0.15) is 4.90 Å². The predicted molar refractivity (Wildman–Crippen MR) is 77.4 cm³/mol. The molecule has 2 rings (SSSR count). The van der Waals surface area contributed by atoms with Crippen LogP contribution in [-0.4, -0.2) is 24.4 Å². The van der Waals surface area contributed by atoms with Crippen molar-refractivity contribution in [2.45, 2.75) is 56.4 Å². The van der Waals surface area contributed by atoms with Gasteiger partial charge >= 0.3 is 0 Å². The summed E-state index contributed by atoms with van der Waals surface area (Å²) in [4.78, 5) is 7.52. The first-order chi connectivity index (χ1) is 9.51. The topological polar surface area (TPSA) is 98.0 Å². The monoisotopic (exact) mass is 298 g/mol. The Morgan fingerprint density at radius 3 is 2.40 bits per heavy atom. The third kappa shape index (κ3) is 3.89. The maximum Gasteiger partial charge on any atom is 0.243 e. The molecule has 112 valence electrons. The number of rotatable bonds is 5. The molecule has 0 spiro atoms. The molecule has 0 bridgehead atoms. The first-order valence-corrected chi connectivity index (χ1v) is 8.59. The molecule has 0 aliphatic heterocycles. The van der Waals surface area contributed by atoms with E-state index in [0.717, 1.165) is 31.6 Å². The van der Waals surface area contributed by atoms with Gasteiger partial charge in [0.2, 0.25) is 16.0 Å². The summed E-state index contributed by atoms with van der Waals surface area (Å²) in [6.07, 6.45) is 8.92. The van der Waals surface area contributed by atoms with Crippen molar-refractivity contribution in [3.63, 3.8) is 0 Å². The second-order valence-corrected chi connectivity index (χ2v) is 7.12. The van der Waals surface area contributed by atoms with E-state index >= 15 is 0 Å². The zero-order chi connectivity index (χ0) is 14.6. The summed E-state index contributed by atoms with van der Waals surface area (Å²) in [5.41, 5.74) is 5.36. The molecule has 0 unspecified atom stereocenters. The number of sulfonamides is 1. The van der Waals surface area contributed by atoms with Crippen LogP contribution in [0.1, 0.15) is 45.4 Å². The van der Waals surface area contributed by atoms with Gasteiger partial charge in [-0.1, -0.05) is 19.8 Å². The number of nitrogens with two attached hydrogens (primary N) is 1. The third-order valence-electron chi connectivity index (χ3n) is 3.82. The summed E-state index contributed by atoms with van der Waals surface area (Å²) in [6, 6.07) is 0.0191. The Labute approximate surface area is 120 Å². The van der Waals surface area contributed by atoms with Gasteiger partial charge in [-0.05, 0) is 31.6 Å². The van der Waals surface area contributed by atoms with Gasteiger partial charge in [0.25, 0.3) is 0 Å². The zero-order valence-corrected chi connectivity index (χ0v) is 12.6. The second kappa shape index (κ2) is 6.49. The Bertz CT molecular complexity index is 522. The number of aromatic nitrogens is 2. The van der Waals surface area contributed by atoms with Crippen LogP contribution in [0.2, 0.25) is 0 Å². The summed E-state index contributed by atoms with van der Waals surface area (Å²) in [7, 11) is -3.54. The maximum atomic E-state index is 12.2. The van der Waals surface area contributed by atoms with Crippen molar-refractivity contribution in [2.24, 2.45) is 5.92 Å². The lowest BCUT2D eigenvalue weighted by Gasteiger charge is -2.28. The number of nitrogens with one attached hydrogen (secondary N) is 1. The zero-order valence-electron chi connectivity index (χ0n) is 11.7. The fraction of sp³-hybridized carbons (Fsp3) is 0.692. The molecule has 0 saturated heterocycles. The lowest BCUT2D eigenvalue weighted by molar-refractivity contribution is 0.297. The highest BCUT2D eigenvalue weighted by atomic mass is 32.2. The molecule has 1 saturated carbocycles. The minimum absolute atomic E-state index is 0.0191. The minimum atomic E-state index is -3.54. The van der Waals surface area contributed by atoms with E-state index in [1.807, 2.05) is 0 Å². The normalized spacial score (nSPS) is 23.6. The van der Waals surface area contributed by atoms with Gasteiger partial charge in [-0.25, -0.2) is 23.1 Å². The second-order valence-electron chi connectivity index (χ2n) is 5.40. The van der Waals surface area contributed by atoms with E-state index < -0.39 is 10.0 Å². The van der Waals surface area contributed by atoms with Gasteiger partial charge in [-0.15, -0.1) is 0 Å². The summed E-state index contributed by atoms with van der Waals surface area (Å²) < 4.78 is 27.1. The van der Waals surface area contributed by atoms with Crippen LogP contribution in [0.25, 0.3) is 0 Å². The van der Waals surface area contributed by atoms with Crippen molar-refractivity contribution in [3.05, 3.63) is 12.4 Å². The van der Waals surface area contributed by atoms with Gasteiger partial charge in [0, 0.05) is 6.04 Å². The van der Waals surface area contributed by atoms with E-state index in [9.17, 15) is 8.42 Å². The average Bonchev–Trinajstić information content (AvgIpc) is 2.41. The third-order valence-corrected chi connectivity index (χ3v) is 5.30. The van der Waals surface area contributed by atoms with Crippen molar-refractivity contribution >= 4 is 16.0 Å². The highest BCUT2D eigenvalue weighted by Gasteiger charge is 2.25. The molecule has 0 amide bonds. The molecule has 6 nitrogen and oxygen atoms in total. The van der Waals surface area contributed by atoms with Crippen molar-refractivity contribution in [3.8, 4) is 0 Å². The molecule has 1 aliphatic carbocycles. The van der Waals surface area contributed by atoms with Gasteiger partial charge in [-0.3, -0.25) is 0 Å². The molecule has 1 fully saturated rings. The van der Waals surface area contributed by atoms with Gasteiger partial charge in [0.15, 0.2) is 0 Å². The summed E-state index contributed by atoms with van der Waals surface area (Å²) in [5.74, 6) is 0.824. The van der Waals surface area contributed by atoms with Crippen molar-refractivity contribution < 1.29 is 8.42 Å². The standard InChI is InChI=1S/C13H22N4O2S/c1-2-3-10-4-6-11(7-5-10)17-20(18,19)12-8-15-13(14)16-9-12/h8-11,17H,2-7H2,1H3,(H2,14,15,16).